The number of likely N-dealkylation sites (N-methyl/N-ethyl adjacent to an activating group) is 1. The summed E-state index contributed by atoms with van der Waals surface area (Å²) < 4.78 is 33.7. The molecular weight excluding hydrogens is 456 g/mol. The summed E-state index contributed by atoms with van der Waals surface area (Å²) in [6.07, 6.45) is 0.747. The molecule has 1 atom stereocenters. The molecule has 1 aliphatic rings. The largest absolute Gasteiger partial charge is 0.496 e. The molecule has 0 bridgehead atoms. The number of rotatable bonds is 6. The van der Waals surface area contributed by atoms with Crippen molar-refractivity contribution < 1.29 is 17.9 Å². The van der Waals surface area contributed by atoms with Crippen LogP contribution in [-0.4, -0.2) is 44.9 Å². The maximum absolute atomic E-state index is 13.1. The second-order valence-electron chi connectivity index (χ2n) is 7.15. The van der Waals surface area contributed by atoms with Crippen LogP contribution in [0.3, 0.4) is 0 Å². The summed E-state index contributed by atoms with van der Waals surface area (Å²) >= 11 is 3.46. The van der Waals surface area contributed by atoms with Crippen LogP contribution in [0.1, 0.15) is 25.0 Å². The van der Waals surface area contributed by atoms with E-state index in [0.717, 1.165) is 27.7 Å². The lowest BCUT2D eigenvalue weighted by atomic mass is 10.1. The van der Waals surface area contributed by atoms with Crippen molar-refractivity contribution >= 4 is 37.5 Å². The van der Waals surface area contributed by atoms with Gasteiger partial charge in [-0.25, -0.2) is 8.42 Å². The quantitative estimate of drug-likeness (QED) is 0.631. The Morgan fingerprint density at radius 1 is 1.28 bits per heavy atom. The van der Waals surface area contributed by atoms with Crippen LogP contribution in [0.4, 0.5) is 5.69 Å². The fraction of sp³-hybridized carbons (Fsp3) is 0.381. The van der Waals surface area contributed by atoms with Crippen molar-refractivity contribution in [2.24, 2.45) is 0 Å². The summed E-state index contributed by atoms with van der Waals surface area (Å²) in [7, 11) is -2.26. The Morgan fingerprint density at radius 2 is 2.00 bits per heavy atom. The molecule has 1 unspecified atom stereocenters. The molecule has 2 aromatic carbocycles. The number of ether oxygens (including phenoxy) is 1. The van der Waals surface area contributed by atoms with Gasteiger partial charge in [-0.1, -0.05) is 22.9 Å². The fourth-order valence-corrected chi connectivity index (χ4v) is 5.63. The maximum atomic E-state index is 13.1. The number of hydrogen-bond acceptors (Lipinski definition) is 4. The lowest BCUT2D eigenvalue weighted by Gasteiger charge is -2.27. The smallest absolute Gasteiger partial charge is 0.243 e. The highest BCUT2D eigenvalue weighted by Crippen LogP contribution is 2.34. The summed E-state index contributed by atoms with van der Waals surface area (Å²) in [6, 6.07) is 10.5. The molecule has 0 aromatic heterocycles. The lowest BCUT2D eigenvalue weighted by Crippen LogP contribution is -2.45. The standard InChI is InChI=1S/C21H25BrN2O4S/c1-5-23(29(26,27)18-7-9-20(28-4)14(2)10-18)13-21(25)24-15(3)11-16-12-17(22)6-8-19(16)24/h6-10,12,15H,5,11,13H2,1-4H3. The molecule has 0 aliphatic carbocycles. The third kappa shape index (κ3) is 4.20. The zero-order valence-corrected chi connectivity index (χ0v) is 19.4. The zero-order valence-electron chi connectivity index (χ0n) is 17.0. The van der Waals surface area contributed by atoms with Crippen LogP contribution in [0, 0.1) is 6.92 Å². The number of amides is 1. The summed E-state index contributed by atoms with van der Waals surface area (Å²) in [5.41, 5.74) is 2.65. The minimum atomic E-state index is -3.80. The number of carbonyl (C=O) groups is 1. The van der Waals surface area contributed by atoms with E-state index in [2.05, 4.69) is 15.9 Å². The molecule has 3 rings (SSSR count). The van der Waals surface area contributed by atoms with E-state index in [-0.39, 0.29) is 29.9 Å². The van der Waals surface area contributed by atoms with Gasteiger partial charge in [0.25, 0.3) is 0 Å². The van der Waals surface area contributed by atoms with Gasteiger partial charge >= 0.3 is 0 Å². The second-order valence-corrected chi connectivity index (χ2v) is 10.0. The zero-order chi connectivity index (χ0) is 21.3. The Morgan fingerprint density at radius 3 is 2.62 bits per heavy atom. The first-order valence-corrected chi connectivity index (χ1v) is 11.7. The molecule has 156 valence electrons. The average Bonchev–Trinajstić information content (AvgIpc) is 3.00. The number of carbonyl (C=O) groups excluding carboxylic acids is 1. The molecule has 1 aliphatic heterocycles. The monoisotopic (exact) mass is 480 g/mol. The Kier molecular flexibility index (Phi) is 6.36. The molecular formula is C21H25BrN2O4S. The van der Waals surface area contributed by atoms with Crippen LogP contribution in [0.25, 0.3) is 0 Å². The number of benzene rings is 2. The highest BCUT2D eigenvalue weighted by atomic mass is 79.9. The topological polar surface area (TPSA) is 66.9 Å². The number of anilines is 1. The van der Waals surface area contributed by atoms with Crippen molar-refractivity contribution in [2.75, 3.05) is 25.1 Å². The van der Waals surface area contributed by atoms with Crippen LogP contribution >= 0.6 is 15.9 Å². The van der Waals surface area contributed by atoms with E-state index in [1.807, 2.05) is 25.1 Å². The molecule has 6 nitrogen and oxygen atoms in total. The minimum Gasteiger partial charge on any atom is -0.496 e. The van der Waals surface area contributed by atoms with Gasteiger partial charge in [0.05, 0.1) is 18.6 Å². The van der Waals surface area contributed by atoms with Gasteiger partial charge in [-0.3, -0.25) is 4.79 Å². The molecule has 1 amide bonds. The number of nitrogens with zero attached hydrogens (tertiary/aromatic N) is 2. The Hall–Kier alpha value is -1.90. The summed E-state index contributed by atoms with van der Waals surface area (Å²) in [6.45, 7) is 5.50. The fourth-order valence-electron chi connectivity index (χ4n) is 3.73. The van der Waals surface area contributed by atoms with Crippen LogP contribution in [0.5, 0.6) is 5.75 Å². The SMILES string of the molecule is CCN(CC(=O)N1c2ccc(Br)cc2CC1C)S(=O)(=O)c1ccc(OC)c(C)c1. The third-order valence-electron chi connectivity index (χ3n) is 5.19. The molecule has 29 heavy (non-hydrogen) atoms. The van der Waals surface area contributed by atoms with Crippen molar-refractivity contribution in [3.8, 4) is 5.75 Å². The number of hydrogen-bond donors (Lipinski definition) is 0. The van der Waals surface area contributed by atoms with E-state index in [4.69, 9.17) is 4.74 Å². The number of aryl methyl sites for hydroxylation is 1. The van der Waals surface area contributed by atoms with E-state index in [0.29, 0.717) is 5.75 Å². The summed E-state index contributed by atoms with van der Waals surface area (Å²) in [5.74, 6) is 0.394. The molecule has 2 aromatic rings. The Balaban J connectivity index is 1.86. The van der Waals surface area contributed by atoms with E-state index in [1.54, 1.807) is 38.0 Å². The van der Waals surface area contributed by atoms with Crippen molar-refractivity contribution in [3.63, 3.8) is 0 Å². The molecule has 8 heteroatoms. The van der Waals surface area contributed by atoms with Gasteiger partial charge in [0.1, 0.15) is 5.75 Å². The van der Waals surface area contributed by atoms with E-state index >= 15 is 0 Å². The van der Waals surface area contributed by atoms with E-state index in [9.17, 15) is 13.2 Å². The van der Waals surface area contributed by atoms with Crippen LogP contribution in [0.15, 0.2) is 45.8 Å². The van der Waals surface area contributed by atoms with E-state index in [1.165, 1.54) is 10.4 Å². The van der Waals surface area contributed by atoms with Crippen molar-refractivity contribution in [1.82, 2.24) is 4.31 Å². The molecule has 0 saturated heterocycles. The molecule has 0 fully saturated rings. The highest BCUT2D eigenvalue weighted by Gasteiger charge is 2.34. The first kappa shape index (κ1) is 21.8. The van der Waals surface area contributed by atoms with Crippen LogP contribution in [-0.2, 0) is 21.2 Å². The van der Waals surface area contributed by atoms with Gasteiger partial charge in [-0.2, -0.15) is 4.31 Å². The normalized spacial score (nSPS) is 16.2. The van der Waals surface area contributed by atoms with Crippen molar-refractivity contribution in [3.05, 3.63) is 52.0 Å². The third-order valence-corrected chi connectivity index (χ3v) is 7.60. The average molecular weight is 481 g/mol. The van der Waals surface area contributed by atoms with Gasteiger partial charge in [0.2, 0.25) is 15.9 Å². The Labute approximate surface area is 180 Å². The van der Waals surface area contributed by atoms with Gasteiger partial charge in [0.15, 0.2) is 0 Å². The first-order valence-electron chi connectivity index (χ1n) is 9.44. The van der Waals surface area contributed by atoms with Crippen LogP contribution in [0.2, 0.25) is 0 Å². The van der Waals surface area contributed by atoms with Gasteiger partial charge in [-0.05, 0) is 67.8 Å². The number of fused-ring (bicyclic) bond motifs is 1. The summed E-state index contributed by atoms with van der Waals surface area (Å²) in [4.78, 5) is 15.0. The predicted molar refractivity (Wildman–Crippen MR) is 117 cm³/mol. The highest BCUT2D eigenvalue weighted by molar-refractivity contribution is 9.10. The minimum absolute atomic E-state index is 0.0172. The van der Waals surface area contributed by atoms with Crippen molar-refractivity contribution in [1.29, 1.82) is 0 Å². The molecule has 1 heterocycles. The van der Waals surface area contributed by atoms with Crippen LogP contribution < -0.4 is 9.64 Å². The number of methoxy groups -OCH3 is 1. The first-order chi connectivity index (χ1) is 13.7. The second kappa shape index (κ2) is 8.45. The summed E-state index contributed by atoms with van der Waals surface area (Å²) in [5, 5.41) is 0. The predicted octanol–water partition coefficient (Wildman–Crippen LogP) is 3.75. The maximum Gasteiger partial charge on any atom is 0.243 e. The number of sulfonamides is 1. The molecule has 0 saturated carbocycles. The van der Waals surface area contributed by atoms with Gasteiger partial charge in [0, 0.05) is 22.7 Å². The molecule has 0 radical (unpaired) electrons. The van der Waals surface area contributed by atoms with Gasteiger partial charge in [-0.15, -0.1) is 0 Å². The molecule has 0 spiro atoms. The van der Waals surface area contributed by atoms with E-state index < -0.39 is 10.0 Å². The Bertz CT molecular complexity index is 1040. The van der Waals surface area contributed by atoms with Crippen molar-refractivity contribution in [2.45, 2.75) is 38.1 Å². The van der Waals surface area contributed by atoms with Gasteiger partial charge < -0.3 is 9.64 Å². The number of halogens is 1. The molecule has 0 N–H and O–H groups in total. The lowest BCUT2D eigenvalue weighted by molar-refractivity contribution is -0.119.